The summed E-state index contributed by atoms with van der Waals surface area (Å²) in [5.74, 6) is 0.141. The van der Waals surface area contributed by atoms with Crippen LogP contribution in [0, 0.1) is 17.0 Å². The SMILES string of the molecule is Cc1occc1CN(C)Cc1ccc(C(N)=O)cc1[N+](=O)[O-]. The number of aryl methyl sites for hydroxylation is 1. The van der Waals surface area contributed by atoms with E-state index in [4.69, 9.17) is 10.2 Å². The first kappa shape index (κ1) is 15.7. The topological polar surface area (TPSA) is 103 Å². The molecule has 1 amide bonds. The molecule has 7 nitrogen and oxygen atoms in total. The van der Waals surface area contributed by atoms with Crippen LogP contribution >= 0.6 is 0 Å². The number of primary amides is 1. The Morgan fingerprint density at radius 3 is 2.55 bits per heavy atom. The summed E-state index contributed by atoms with van der Waals surface area (Å²) in [6.07, 6.45) is 1.61. The number of hydrogen-bond donors (Lipinski definition) is 1. The minimum absolute atomic E-state index is 0.105. The Bertz CT molecular complexity index is 709. The average Bonchev–Trinajstić information content (AvgIpc) is 2.84. The molecule has 0 atom stereocenters. The number of nitrogens with zero attached hydrogens (tertiary/aromatic N) is 2. The van der Waals surface area contributed by atoms with Gasteiger partial charge in [-0.05, 0) is 26.1 Å². The number of nitro groups is 1. The van der Waals surface area contributed by atoms with Crippen LogP contribution in [-0.2, 0) is 13.1 Å². The zero-order chi connectivity index (χ0) is 16.3. The largest absolute Gasteiger partial charge is 0.469 e. The summed E-state index contributed by atoms with van der Waals surface area (Å²) in [4.78, 5) is 23.7. The van der Waals surface area contributed by atoms with Crippen molar-refractivity contribution in [1.82, 2.24) is 4.90 Å². The predicted octanol–water partition coefficient (Wildman–Crippen LogP) is 2.23. The predicted molar refractivity (Wildman–Crippen MR) is 80.2 cm³/mol. The van der Waals surface area contributed by atoms with E-state index in [1.807, 2.05) is 24.9 Å². The lowest BCUT2D eigenvalue weighted by atomic mass is 10.1. The van der Waals surface area contributed by atoms with Crippen molar-refractivity contribution in [3.8, 4) is 0 Å². The number of nitro benzene ring substituents is 1. The second kappa shape index (κ2) is 6.40. The highest BCUT2D eigenvalue weighted by Gasteiger charge is 2.18. The lowest BCUT2D eigenvalue weighted by Crippen LogP contribution is -2.19. The summed E-state index contributed by atoms with van der Waals surface area (Å²) in [7, 11) is 1.86. The van der Waals surface area contributed by atoms with Crippen molar-refractivity contribution in [2.75, 3.05) is 7.05 Å². The van der Waals surface area contributed by atoms with Crippen molar-refractivity contribution in [3.05, 3.63) is 63.1 Å². The third-order valence-corrected chi connectivity index (χ3v) is 3.41. The highest BCUT2D eigenvalue weighted by molar-refractivity contribution is 5.93. The lowest BCUT2D eigenvalue weighted by molar-refractivity contribution is -0.385. The van der Waals surface area contributed by atoms with Gasteiger partial charge in [0.1, 0.15) is 5.76 Å². The molecule has 1 aromatic carbocycles. The van der Waals surface area contributed by atoms with Gasteiger partial charge in [-0.1, -0.05) is 6.07 Å². The lowest BCUT2D eigenvalue weighted by Gasteiger charge is -2.16. The summed E-state index contributed by atoms with van der Waals surface area (Å²) in [5.41, 5.74) is 6.74. The maximum Gasteiger partial charge on any atom is 0.274 e. The fraction of sp³-hybridized carbons (Fsp3) is 0.267. The van der Waals surface area contributed by atoms with E-state index in [2.05, 4.69) is 0 Å². The molecular weight excluding hydrogens is 286 g/mol. The van der Waals surface area contributed by atoms with Crippen molar-refractivity contribution in [2.45, 2.75) is 20.0 Å². The molecule has 0 spiro atoms. The number of nitrogens with two attached hydrogens (primary N) is 1. The Morgan fingerprint density at radius 1 is 1.32 bits per heavy atom. The normalized spacial score (nSPS) is 10.9. The van der Waals surface area contributed by atoms with Gasteiger partial charge < -0.3 is 10.2 Å². The second-order valence-electron chi connectivity index (χ2n) is 5.14. The van der Waals surface area contributed by atoms with Crippen LogP contribution in [0.4, 0.5) is 5.69 Å². The number of carbonyl (C=O) groups excluding carboxylic acids is 1. The quantitative estimate of drug-likeness (QED) is 0.651. The van der Waals surface area contributed by atoms with Crippen LogP contribution in [0.1, 0.15) is 27.2 Å². The Hall–Kier alpha value is -2.67. The molecule has 0 bridgehead atoms. The fourth-order valence-corrected chi connectivity index (χ4v) is 2.23. The summed E-state index contributed by atoms with van der Waals surface area (Å²) in [6, 6.07) is 6.16. The Kier molecular flexibility index (Phi) is 4.57. The van der Waals surface area contributed by atoms with E-state index in [1.165, 1.54) is 12.1 Å². The molecule has 7 heteroatoms. The Balaban J connectivity index is 2.19. The van der Waals surface area contributed by atoms with Gasteiger partial charge in [-0.15, -0.1) is 0 Å². The van der Waals surface area contributed by atoms with Crippen LogP contribution in [0.25, 0.3) is 0 Å². The first-order chi connectivity index (χ1) is 10.4. The summed E-state index contributed by atoms with van der Waals surface area (Å²) >= 11 is 0. The van der Waals surface area contributed by atoms with Crippen LogP contribution in [0.3, 0.4) is 0 Å². The zero-order valence-electron chi connectivity index (χ0n) is 12.4. The number of hydrogen-bond acceptors (Lipinski definition) is 5. The van der Waals surface area contributed by atoms with Gasteiger partial charge in [-0.2, -0.15) is 0 Å². The van der Waals surface area contributed by atoms with Crippen LogP contribution in [0.15, 0.2) is 34.9 Å². The van der Waals surface area contributed by atoms with Gasteiger partial charge in [-0.25, -0.2) is 0 Å². The number of benzene rings is 1. The van der Waals surface area contributed by atoms with Gasteiger partial charge in [0.05, 0.1) is 11.2 Å². The highest BCUT2D eigenvalue weighted by Crippen LogP contribution is 2.22. The first-order valence-corrected chi connectivity index (χ1v) is 6.67. The zero-order valence-corrected chi connectivity index (χ0v) is 12.4. The minimum Gasteiger partial charge on any atom is -0.469 e. The van der Waals surface area contributed by atoms with Crippen molar-refractivity contribution >= 4 is 11.6 Å². The Morgan fingerprint density at radius 2 is 2.00 bits per heavy atom. The molecule has 0 unspecified atom stereocenters. The summed E-state index contributed by atoms with van der Waals surface area (Å²) in [6.45, 7) is 2.85. The Labute approximate surface area is 127 Å². The van der Waals surface area contributed by atoms with E-state index in [-0.39, 0.29) is 11.3 Å². The average molecular weight is 303 g/mol. The molecule has 0 fully saturated rings. The van der Waals surface area contributed by atoms with Crippen LogP contribution in [-0.4, -0.2) is 22.8 Å². The minimum atomic E-state index is -0.683. The molecule has 0 aliphatic rings. The molecule has 0 aliphatic carbocycles. The van der Waals surface area contributed by atoms with Crippen molar-refractivity contribution in [2.24, 2.45) is 5.73 Å². The third-order valence-electron chi connectivity index (χ3n) is 3.41. The monoisotopic (exact) mass is 303 g/mol. The van der Waals surface area contributed by atoms with E-state index in [0.717, 1.165) is 11.3 Å². The smallest absolute Gasteiger partial charge is 0.274 e. The number of amides is 1. The third kappa shape index (κ3) is 3.50. The molecular formula is C15H17N3O4. The number of rotatable bonds is 6. The second-order valence-corrected chi connectivity index (χ2v) is 5.14. The molecule has 1 heterocycles. The molecule has 0 saturated heterocycles. The maximum absolute atomic E-state index is 11.2. The molecule has 0 radical (unpaired) electrons. The van der Waals surface area contributed by atoms with Crippen molar-refractivity contribution in [3.63, 3.8) is 0 Å². The molecule has 2 rings (SSSR count). The van der Waals surface area contributed by atoms with Gasteiger partial charge in [-0.3, -0.25) is 19.8 Å². The van der Waals surface area contributed by atoms with Crippen molar-refractivity contribution in [1.29, 1.82) is 0 Å². The fourth-order valence-electron chi connectivity index (χ4n) is 2.23. The van der Waals surface area contributed by atoms with Crippen LogP contribution < -0.4 is 5.73 Å². The van der Waals surface area contributed by atoms with E-state index in [1.54, 1.807) is 12.3 Å². The standard InChI is InChI=1S/C15H17N3O4/c1-10-12(5-6-22-10)8-17(2)9-13-4-3-11(15(16)19)7-14(13)18(20)21/h3-7H,8-9H2,1-2H3,(H2,16,19). The van der Waals surface area contributed by atoms with Gasteiger partial charge in [0.25, 0.3) is 5.69 Å². The van der Waals surface area contributed by atoms with Gasteiger partial charge in [0, 0.05) is 35.8 Å². The maximum atomic E-state index is 11.2. The van der Waals surface area contributed by atoms with Crippen molar-refractivity contribution < 1.29 is 14.1 Å². The molecule has 1 aromatic heterocycles. The van der Waals surface area contributed by atoms with Gasteiger partial charge in [0.2, 0.25) is 5.91 Å². The molecule has 0 aliphatic heterocycles. The molecule has 0 saturated carbocycles. The molecule has 2 aromatic rings. The first-order valence-electron chi connectivity index (χ1n) is 6.67. The highest BCUT2D eigenvalue weighted by atomic mass is 16.6. The van der Waals surface area contributed by atoms with Gasteiger partial charge in [0.15, 0.2) is 0 Å². The van der Waals surface area contributed by atoms with E-state index < -0.39 is 10.8 Å². The number of carbonyl (C=O) groups is 1. The van der Waals surface area contributed by atoms with E-state index in [0.29, 0.717) is 18.7 Å². The summed E-state index contributed by atoms with van der Waals surface area (Å²) in [5, 5.41) is 11.2. The molecule has 22 heavy (non-hydrogen) atoms. The van der Waals surface area contributed by atoms with Gasteiger partial charge >= 0.3 is 0 Å². The molecule has 116 valence electrons. The van der Waals surface area contributed by atoms with Crippen LogP contribution in [0.2, 0.25) is 0 Å². The van der Waals surface area contributed by atoms with Crippen LogP contribution in [0.5, 0.6) is 0 Å². The molecule has 2 N–H and O–H groups in total. The van der Waals surface area contributed by atoms with E-state index in [9.17, 15) is 14.9 Å². The summed E-state index contributed by atoms with van der Waals surface area (Å²) < 4.78 is 5.23. The van der Waals surface area contributed by atoms with E-state index >= 15 is 0 Å². The number of furan rings is 1.